The second-order valence-electron chi connectivity index (χ2n) is 6.78. The quantitative estimate of drug-likeness (QED) is 0.768. The zero-order valence-electron chi connectivity index (χ0n) is 15.2. The fourth-order valence-electron chi connectivity index (χ4n) is 3.46. The lowest BCUT2D eigenvalue weighted by Gasteiger charge is -2.13. The highest BCUT2D eigenvalue weighted by atomic mass is 16.5. The number of rotatable bonds is 4. The molecular weight excluding hydrogens is 342 g/mol. The van der Waals surface area contributed by atoms with Crippen LogP contribution in [0.1, 0.15) is 28.8 Å². The Morgan fingerprint density at radius 2 is 1.96 bits per heavy atom. The highest BCUT2D eigenvalue weighted by Crippen LogP contribution is 2.27. The lowest BCUT2D eigenvalue weighted by Crippen LogP contribution is -2.32. The Bertz CT molecular complexity index is 1030. The molecule has 1 atom stereocenters. The smallest absolute Gasteiger partial charge is 0.255 e. The van der Waals surface area contributed by atoms with Gasteiger partial charge in [-0.25, -0.2) is 0 Å². The summed E-state index contributed by atoms with van der Waals surface area (Å²) in [5.74, 6) is 0.231. The van der Waals surface area contributed by atoms with Crippen molar-refractivity contribution in [2.24, 2.45) is 0 Å². The molecule has 1 aliphatic rings. The summed E-state index contributed by atoms with van der Waals surface area (Å²) in [6, 6.07) is 14.5. The summed E-state index contributed by atoms with van der Waals surface area (Å²) < 4.78 is 11.6. The molecule has 0 aliphatic carbocycles. The van der Waals surface area contributed by atoms with Crippen molar-refractivity contribution in [1.29, 1.82) is 0 Å². The van der Waals surface area contributed by atoms with Crippen molar-refractivity contribution in [3.05, 3.63) is 69.9 Å². The van der Waals surface area contributed by atoms with E-state index in [0.29, 0.717) is 34.4 Å². The van der Waals surface area contributed by atoms with E-state index in [1.54, 1.807) is 25.1 Å². The van der Waals surface area contributed by atoms with Gasteiger partial charge in [0, 0.05) is 24.3 Å². The summed E-state index contributed by atoms with van der Waals surface area (Å²) in [5, 5.41) is 3.31. The number of carbonyl (C=O) groups excluding carboxylic acids is 1. The minimum Gasteiger partial charge on any atom is -0.455 e. The van der Waals surface area contributed by atoms with Crippen molar-refractivity contribution < 1.29 is 13.9 Å². The maximum Gasteiger partial charge on any atom is 0.255 e. The third-order valence-corrected chi connectivity index (χ3v) is 4.94. The van der Waals surface area contributed by atoms with E-state index in [-0.39, 0.29) is 17.4 Å². The van der Waals surface area contributed by atoms with Crippen LogP contribution >= 0.6 is 0 Å². The number of hydrogen-bond donors (Lipinski definition) is 1. The maximum atomic E-state index is 12.9. The highest BCUT2D eigenvalue weighted by molar-refractivity contribution is 6.05. The van der Waals surface area contributed by atoms with Crippen LogP contribution < -0.4 is 10.7 Å². The summed E-state index contributed by atoms with van der Waals surface area (Å²) in [6.07, 6.45) is 2.02. The molecule has 0 saturated carbocycles. The van der Waals surface area contributed by atoms with E-state index in [1.807, 2.05) is 30.3 Å². The van der Waals surface area contributed by atoms with Gasteiger partial charge in [-0.05, 0) is 31.9 Å². The van der Waals surface area contributed by atoms with Gasteiger partial charge in [-0.1, -0.05) is 36.4 Å². The molecule has 1 amide bonds. The molecule has 1 aromatic heterocycles. The molecule has 1 saturated heterocycles. The van der Waals surface area contributed by atoms with Crippen LogP contribution in [0.15, 0.2) is 57.7 Å². The third kappa shape index (κ3) is 3.38. The van der Waals surface area contributed by atoms with Gasteiger partial charge < -0.3 is 14.5 Å². The summed E-state index contributed by atoms with van der Waals surface area (Å²) in [5.41, 5.74) is 1.90. The Labute approximate surface area is 157 Å². The van der Waals surface area contributed by atoms with Crippen LogP contribution in [0.4, 0.5) is 0 Å². The predicted molar refractivity (Wildman–Crippen MR) is 104 cm³/mol. The Morgan fingerprint density at radius 1 is 1.15 bits per heavy atom. The van der Waals surface area contributed by atoms with Gasteiger partial charge in [0.05, 0.1) is 17.1 Å². The summed E-state index contributed by atoms with van der Waals surface area (Å²) in [7, 11) is 0. The van der Waals surface area contributed by atoms with Gasteiger partial charge in [0.25, 0.3) is 5.91 Å². The van der Waals surface area contributed by atoms with Crippen LogP contribution in [-0.2, 0) is 4.74 Å². The van der Waals surface area contributed by atoms with E-state index >= 15 is 0 Å². The highest BCUT2D eigenvalue weighted by Gasteiger charge is 2.20. The second kappa shape index (κ2) is 7.37. The SMILES string of the molecule is Cc1c(-c2ccccc2)oc2c(C(=O)NCC3CCCO3)cccc2c1=O. The summed E-state index contributed by atoms with van der Waals surface area (Å²) >= 11 is 0. The molecule has 0 spiro atoms. The number of amides is 1. The molecule has 1 fully saturated rings. The average molecular weight is 363 g/mol. The van der Waals surface area contributed by atoms with E-state index in [4.69, 9.17) is 9.15 Å². The molecule has 1 unspecified atom stereocenters. The van der Waals surface area contributed by atoms with Crippen molar-refractivity contribution in [3.63, 3.8) is 0 Å². The first-order valence-corrected chi connectivity index (χ1v) is 9.17. The van der Waals surface area contributed by atoms with Crippen LogP contribution in [0.5, 0.6) is 0 Å². The number of ether oxygens (including phenoxy) is 1. The molecule has 1 N–H and O–H groups in total. The molecule has 5 heteroatoms. The zero-order chi connectivity index (χ0) is 18.8. The van der Waals surface area contributed by atoms with Gasteiger partial charge in [0.2, 0.25) is 0 Å². The van der Waals surface area contributed by atoms with Crippen LogP contribution in [0.3, 0.4) is 0 Å². The lowest BCUT2D eigenvalue weighted by molar-refractivity contribution is 0.0858. The van der Waals surface area contributed by atoms with Gasteiger partial charge in [0.1, 0.15) is 5.76 Å². The van der Waals surface area contributed by atoms with Gasteiger partial charge in [-0.3, -0.25) is 9.59 Å². The minimum absolute atomic E-state index is 0.0538. The van der Waals surface area contributed by atoms with E-state index in [9.17, 15) is 9.59 Å². The fourth-order valence-corrected chi connectivity index (χ4v) is 3.46. The molecule has 27 heavy (non-hydrogen) atoms. The Balaban J connectivity index is 1.76. The molecule has 138 valence electrons. The van der Waals surface area contributed by atoms with E-state index < -0.39 is 0 Å². The number of benzene rings is 2. The van der Waals surface area contributed by atoms with Crippen LogP contribution in [0.2, 0.25) is 0 Å². The number of carbonyl (C=O) groups is 1. The maximum absolute atomic E-state index is 12.9. The van der Waals surface area contributed by atoms with Crippen molar-refractivity contribution in [1.82, 2.24) is 5.32 Å². The molecule has 4 rings (SSSR count). The number of fused-ring (bicyclic) bond motifs is 1. The first kappa shape index (κ1) is 17.5. The standard InChI is InChI=1S/C22H21NO4/c1-14-19(24)17-10-5-11-18(22(25)23-13-16-9-6-12-26-16)21(17)27-20(14)15-7-3-2-4-8-15/h2-5,7-8,10-11,16H,6,9,12-13H2,1H3,(H,23,25). The van der Waals surface area contributed by atoms with E-state index in [0.717, 1.165) is 25.0 Å². The molecule has 2 heterocycles. The van der Waals surface area contributed by atoms with Gasteiger partial charge >= 0.3 is 0 Å². The van der Waals surface area contributed by atoms with Crippen LogP contribution in [-0.4, -0.2) is 25.2 Å². The van der Waals surface area contributed by atoms with Gasteiger partial charge in [-0.2, -0.15) is 0 Å². The van der Waals surface area contributed by atoms with Crippen molar-refractivity contribution in [3.8, 4) is 11.3 Å². The van der Waals surface area contributed by atoms with Gasteiger partial charge in [0.15, 0.2) is 11.0 Å². The molecule has 1 aliphatic heterocycles. The number of hydrogen-bond acceptors (Lipinski definition) is 4. The second-order valence-corrected chi connectivity index (χ2v) is 6.78. The summed E-state index contributed by atoms with van der Waals surface area (Å²) in [4.78, 5) is 25.6. The Hall–Kier alpha value is -2.92. The van der Waals surface area contributed by atoms with E-state index in [1.165, 1.54) is 0 Å². The van der Waals surface area contributed by atoms with Crippen LogP contribution in [0, 0.1) is 6.92 Å². The molecule has 2 aromatic carbocycles. The zero-order valence-corrected chi connectivity index (χ0v) is 15.2. The van der Waals surface area contributed by atoms with Crippen molar-refractivity contribution in [2.45, 2.75) is 25.9 Å². The van der Waals surface area contributed by atoms with Gasteiger partial charge in [-0.15, -0.1) is 0 Å². The Morgan fingerprint density at radius 3 is 2.70 bits per heavy atom. The topological polar surface area (TPSA) is 68.5 Å². The Kier molecular flexibility index (Phi) is 4.77. The number of nitrogens with one attached hydrogen (secondary N) is 1. The molecular formula is C22H21NO4. The van der Waals surface area contributed by atoms with E-state index in [2.05, 4.69) is 5.32 Å². The number of para-hydroxylation sites is 1. The largest absolute Gasteiger partial charge is 0.455 e. The average Bonchev–Trinajstić information content (AvgIpc) is 3.23. The third-order valence-electron chi connectivity index (χ3n) is 4.94. The normalized spacial score (nSPS) is 16.6. The minimum atomic E-state index is -0.262. The van der Waals surface area contributed by atoms with Crippen molar-refractivity contribution in [2.75, 3.05) is 13.2 Å². The molecule has 5 nitrogen and oxygen atoms in total. The fraction of sp³-hybridized carbons (Fsp3) is 0.273. The first-order chi connectivity index (χ1) is 13.1. The first-order valence-electron chi connectivity index (χ1n) is 9.17. The monoisotopic (exact) mass is 363 g/mol. The summed E-state index contributed by atoms with van der Waals surface area (Å²) in [6.45, 7) is 2.94. The van der Waals surface area contributed by atoms with Crippen molar-refractivity contribution >= 4 is 16.9 Å². The predicted octanol–water partition coefficient (Wildman–Crippen LogP) is 3.68. The molecule has 0 radical (unpaired) electrons. The molecule has 3 aromatic rings. The van der Waals surface area contributed by atoms with Crippen LogP contribution in [0.25, 0.3) is 22.3 Å². The molecule has 0 bridgehead atoms. The lowest BCUT2D eigenvalue weighted by atomic mass is 10.0.